The van der Waals surface area contributed by atoms with Gasteiger partial charge in [-0.3, -0.25) is 9.88 Å². The van der Waals surface area contributed by atoms with Gasteiger partial charge in [0.05, 0.1) is 5.69 Å². The van der Waals surface area contributed by atoms with Crippen molar-refractivity contribution in [2.45, 2.75) is 31.8 Å². The van der Waals surface area contributed by atoms with Crippen LogP contribution in [0.5, 0.6) is 0 Å². The van der Waals surface area contributed by atoms with Crippen LogP contribution < -0.4 is 5.32 Å². The Bertz CT molecular complexity index is 306. The van der Waals surface area contributed by atoms with Gasteiger partial charge in [0, 0.05) is 24.8 Å². The van der Waals surface area contributed by atoms with Crippen molar-refractivity contribution in [2.75, 3.05) is 20.1 Å². The second-order valence-electron chi connectivity index (χ2n) is 4.66. The molecule has 1 aliphatic rings. The first-order valence-electron chi connectivity index (χ1n) is 6.12. The minimum atomic E-state index is 0.392. The second-order valence-corrected chi connectivity index (χ2v) is 4.66. The number of aromatic nitrogens is 1. The van der Waals surface area contributed by atoms with Crippen LogP contribution in [0.1, 0.15) is 31.5 Å². The fourth-order valence-electron chi connectivity index (χ4n) is 2.27. The number of rotatable bonds is 4. The lowest BCUT2D eigenvalue weighted by atomic mass is 10.1. The summed E-state index contributed by atoms with van der Waals surface area (Å²) in [5.41, 5.74) is 1.16. The van der Waals surface area contributed by atoms with Gasteiger partial charge in [0.25, 0.3) is 0 Å². The van der Waals surface area contributed by atoms with Crippen LogP contribution in [0.25, 0.3) is 0 Å². The molecule has 1 fully saturated rings. The molecule has 0 aromatic carbocycles. The molecule has 0 spiro atoms. The van der Waals surface area contributed by atoms with Gasteiger partial charge in [0.2, 0.25) is 0 Å². The SMILES string of the molecule is CC(c1ccccn1)N(C)CC1CCCN1. The summed E-state index contributed by atoms with van der Waals surface area (Å²) >= 11 is 0. The zero-order chi connectivity index (χ0) is 11.4. The Kier molecular flexibility index (Phi) is 3.91. The van der Waals surface area contributed by atoms with Crippen molar-refractivity contribution >= 4 is 0 Å². The molecular weight excluding hydrogens is 198 g/mol. The van der Waals surface area contributed by atoms with Gasteiger partial charge in [0.1, 0.15) is 0 Å². The van der Waals surface area contributed by atoms with Crippen LogP contribution >= 0.6 is 0 Å². The summed E-state index contributed by atoms with van der Waals surface area (Å²) in [5, 5.41) is 3.53. The summed E-state index contributed by atoms with van der Waals surface area (Å²) in [6.07, 6.45) is 4.49. The van der Waals surface area contributed by atoms with Gasteiger partial charge in [-0.1, -0.05) is 6.07 Å². The van der Waals surface area contributed by atoms with E-state index < -0.39 is 0 Å². The third-order valence-corrected chi connectivity index (χ3v) is 3.45. The van der Waals surface area contributed by atoms with E-state index in [0.29, 0.717) is 12.1 Å². The highest BCUT2D eigenvalue weighted by Gasteiger charge is 2.19. The van der Waals surface area contributed by atoms with Crippen LogP contribution in [0.4, 0.5) is 0 Å². The van der Waals surface area contributed by atoms with E-state index in [-0.39, 0.29) is 0 Å². The highest BCUT2D eigenvalue weighted by Crippen LogP contribution is 2.17. The van der Waals surface area contributed by atoms with E-state index in [9.17, 15) is 0 Å². The molecule has 0 amide bonds. The van der Waals surface area contributed by atoms with E-state index in [4.69, 9.17) is 0 Å². The molecule has 0 aliphatic carbocycles. The van der Waals surface area contributed by atoms with E-state index in [2.05, 4.69) is 41.3 Å². The Morgan fingerprint density at radius 1 is 1.56 bits per heavy atom. The van der Waals surface area contributed by atoms with Crippen molar-refractivity contribution in [3.63, 3.8) is 0 Å². The molecule has 1 aromatic rings. The molecule has 88 valence electrons. The van der Waals surface area contributed by atoms with Gasteiger partial charge in [-0.2, -0.15) is 0 Å². The number of nitrogens with zero attached hydrogens (tertiary/aromatic N) is 2. The highest BCUT2D eigenvalue weighted by atomic mass is 15.2. The monoisotopic (exact) mass is 219 g/mol. The summed E-state index contributed by atoms with van der Waals surface area (Å²) in [6.45, 7) is 4.51. The molecule has 1 N–H and O–H groups in total. The summed E-state index contributed by atoms with van der Waals surface area (Å²) in [6, 6.07) is 7.18. The molecule has 2 unspecified atom stereocenters. The topological polar surface area (TPSA) is 28.2 Å². The molecule has 1 saturated heterocycles. The molecule has 2 heterocycles. The number of hydrogen-bond acceptors (Lipinski definition) is 3. The van der Waals surface area contributed by atoms with Crippen molar-refractivity contribution in [3.8, 4) is 0 Å². The minimum absolute atomic E-state index is 0.392. The molecule has 1 aliphatic heterocycles. The van der Waals surface area contributed by atoms with Crippen LogP contribution in [0, 0.1) is 0 Å². The van der Waals surface area contributed by atoms with E-state index in [1.807, 2.05) is 12.3 Å². The maximum absolute atomic E-state index is 4.41. The number of nitrogens with one attached hydrogen (secondary N) is 1. The summed E-state index contributed by atoms with van der Waals surface area (Å²) in [7, 11) is 2.18. The van der Waals surface area contributed by atoms with Gasteiger partial charge >= 0.3 is 0 Å². The van der Waals surface area contributed by atoms with Crippen molar-refractivity contribution in [1.82, 2.24) is 15.2 Å². The molecule has 0 radical (unpaired) electrons. The molecule has 0 saturated carbocycles. The predicted octanol–water partition coefficient (Wildman–Crippen LogP) is 1.83. The molecule has 2 atom stereocenters. The number of likely N-dealkylation sites (N-methyl/N-ethyl adjacent to an activating group) is 1. The van der Waals surface area contributed by atoms with Gasteiger partial charge in [0.15, 0.2) is 0 Å². The summed E-state index contributed by atoms with van der Waals surface area (Å²) in [5.74, 6) is 0. The maximum atomic E-state index is 4.41. The minimum Gasteiger partial charge on any atom is -0.313 e. The smallest absolute Gasteiger partial charge is 0.0572 e. The van der Waals surface area contributed by atoms with E-state index in [0.717, 1.165) is 12.2 Å². The zero-order valence-corrected chi connectivity index (χ0v) is 10.2. The van der Waals surface area contributed by atoms with Gasteiger partial charge < -0.3 is 5.32 Å². The van der Waals surface area contributed by atoms with Crippen molar-refractivity contribution in [1.29, 1.82) is 0 Å². The molecule has 2 rings (SSSR count). The Morgan fingerprint density at radius 2 is 2.44 bits per heavy atom. The predicted molar refractivity (Wildman–Crippen MR) is 66.3 cm³/mol. The standard InChI is InChI=1S/C13H21N3/c1-11(13-7-3-4-8-15-13)16(2)10-12-6-5-9-14-12/h3-4,7-8,11-12,14H,5-6,9-10H2,1-2H3. The van der Waals surface area contributed by atoms with E-state index in [1.54, 1.807) is 0 Å². The lowest BCUT2D eigenvalue weighted by Crippen LogP contribution is -2.36. The second kappa shape index (κ2) is 5.41. The largest absolute Gasteiger partial charge is 0.313 e. The van der Waals surface area contributed by atoms with Gasteiger partial charge in [-0.15, -0.1) is 0 Å². The summed E-state index contributed by atoms with van der Waals surface area (Å²) in [4.78, 5) is 6.79. The molecule has 1 aromatic heterocycles. The Labute approximate surface area is 97.9 Å². The van der Waals surface area contributed by atoms with E-state index >= 15 is 0 Å². The lowest BCUT2D eigenvalue weighted by Gasteiger charge is -2.27. The third kappa shape index (κ3) is 2.80. The Morgan fingerprint density at radius 3 is 3.06 bits per heavy atom. The van der Waals surface area contributed by atoms with Crippen LogP contribution in [-0.4, -0.2) is 36.1 Å². The first kappa shape index (κ1) is 11.6. The number of hydrogen-bond donors (Lipinski definition) is 1. The molecule has 0 bridgehead atoms. The molecular formula is C13H21N3. The molecule has 16 heavy (non-hydrogen) atoms. The first-order valence-corrected chi connectivity index (χ1v) is 6.12. The van der Waals surface area contributed by atoms with Crippen LogP contribution in [0.2, 0.25) is 0 Å². The van der Waals surface area contributed by atoms with Crippen molar-refractivity contribution < 1.29 is 0 Å². The first-order chi connectivity index (χ1) is 7.77. The molecule has 3 heteroatoms. The quantitative estimate of drug-likeness (QED) is 0.837. The summed E-state index contributed by atoms with van der Waals surface area (Å²) < 4.78 is 0. The third-order valence-electron chi connectivity index (χ3n) is 3.45. The Balaban J connectivity index is 1.91. The van der Waals surface area contributed by atoms with Crippen LogP contribution in [0.3, 0.4) is 0 Å². The van der Waals surface area contributed by atoms with Gasteiger partial charge in [-0.25, -0.2) is 0 Å². The fraction of sp³-hybridized carbons (Fsp3) is 0.615. The Hall–Kier alpha value is -0.930. The van der Waals surface area contributed by atoms with Crippen LogP contribution in [-0.2, 0) is 0 Å². The average Bonchev–Trinajstić information content (AvgIpc) is 2.82. The average molecular weight is 219 g/mol. The lowest BCUT2D eigenvalue weighted by molar-refractivity contribution is 0.234. The maximum Gasteiger partial charge on any atom is 0.0572 e. The zero-order valence-electron chi connectivity index (χ0n) is 10.2. The van der Waals surface area contributed by atoms with Gasteiger partial charge in [-0.05, 0) is 45.5 Å². The van der Waals surface area contributed by atoms with Crippen LogP contribution in [0.15, 0.2) is 24.4 Å². The normalized spacial score (nSPS) is 22.6. The van der Waals surface area contributed by atoms with Crippen molar-refractivity contribution in [2.24, 2.45) is 0 Å². The molecule has 3 nitrogen and oxygen atoms in total. The van der Waals surface area contributed by atoms with E-state index in [1.165, 1.54) is 19.4 Å². The number of pyridine rings is 1. The highest BCUT2D eigenvalue weighted by molar-refractivity contribution is 5.07. The van der Waals surface area contributed by atoms with Crippen molar-refractivity contribution in [3.05, 3.63) is 30.1 Å². The fourth-order valence-corrected chi connectivity index (χ4v) is 2.27.